The number of nitrogens with one attached hydrogen (secondary N) is 1. The highest BCUT2D eigenvalue weighted by atomic mass is 16.6. The predicted molar refractivity (Wildman–Crippen MR) is 104 cm³/mol. The summed E-state index contributed by atoms with van der Waals surface area (Å²) in [6.07, 6.45) is 1.67. The molecule has 0 atom stereocenters. The van der Waals surface area contributed by atoms with Gasteiger partial charge in [-0.25, -0.2) is 9.78 Å². The van der Waals surface area contributed by atoms with E-state index in [4.69, 9.17) is 9.15 Å². The molecule has 3 rings (SSSR count). The molecular weight excluding hydrogens is 340 g/mol. The Morgan fingerprint density at radius 3 is 2.41 bits per heavy atom. The van der Waals surface area contributed by atoms with E-state index in [0.29, 0.717) is 24.5 Å². The largest absolute Gasteiger partial charge is 0.456 e. The number of carbonyl (C=O) groups is 1. The quantitative estimate of drug-likeness (QED) is 0.648. The Labute approximate surface area is 159 Å². The molecule has 5 heteroatoms. The van der Waals surface area contributed by atoms with Gasteiger partial charge in [-0.05, 0) is 50.6 Å². The van der Waals surface area contributed by atoms with Crippen LogP contribution in [0.4, 0.5) is 0 Å². The number of oxazole rings is 1. The van der Waals surface area contributed by atoms with Crippen molar-refractivity contribution in [2.75, 3.05) is 0 Å². The highest BCUT2D eigenvalue weighted by molar-refractivity contribution is 5.89. The van der Waals surface area contributed by atoms with E-state index < -0.39 is 5.60 Å². The van der Waals surface area contributed by atoms with E-state index >= 15 is 0 Å². The van der Waals surface area contributed by atoms with Gasteiger partial charge in [0.2, 0.25) is 5.89 Å². The summed E-state index contributed by atoms with van der Waals surface area (Å²) in [6, 6.07) is 17.2. The molecule has 0 amide bonds. The molecule has 0 bridgehead atoms. The lowest BCUT2D eigenvalue weighted by molar-refractivity contribution is 0.00695. The molecule has 27 heavy (non-hydrogen) atoms. The van der Waals surface area contributed by atoms with Gasteiger partial charge in [0.1, 0.15) is 11.9 Å². The van der Waals surface area contributed by atoms with Gasteiger partial charge in [-0.2, -0.15) is 0 Å². The van der Waals surface area contributed by atoms with Crippen LogP contribution in [0.3, 0.4) is 0 Å². The van der Waals surface area contributed by atoms with Gasteiger partial charge in [-0.1, -0.05) is 30.3 Å². The molecule has 0 fully saturated rings. The molecular formula is C22H24N2O3. The van der Waals surface area contributed by atoms with Crippen molar-refractivity contribution < 1.29 is 13.9 Å². The Balaban J connectivity index is 1.51. The topological polar surface area (TPSA) is 64.4 Å². The molecule has 0 aliphatic heterocycles. The number of benzene rings is 2. The van der Waals surface area contributed by atoms with Crippen LogP contribution in [0, 0.1) is 0 Å². The molecule has 1 aromatic heterocycles. The molecule has 0 spiro atoms. The first-order valence-corrected chi connectivity index (χ1v) is 8.93. The van der Waals surface area contributed by atoms with Gasteiger partial charge in [-0.3, -0.25) is 0 Å². The number of nitrogens with zero attached hydrogens (tertiary/aromatic N) is 1. The minimum Gasteiger partial charge on any atom is -0.456 e. The Kier molecular flexibility index (Phi) is 5.72. The van der Waals surface area contributed by atoms with Crippen LogP contribution in [0.2, 0.25) is 0 Å². The molecule has 1 heterocycles. The molecule has 1 N–H and O–H groups in total. The van der Waals surface area contributed by atoms with Crippen molar-refractivity contribution in [1.29, 1.82) is 0 Å². The van der Waals surface area contributed by atoms with Crippen LogP contribution >= 0.6 is 0 Å². The van der Waals surface area contributed by atoms with E-state index in [0.717, 1.165) is 16.8 Å². The van der Waals surface area contributed by atoms with Crippen LogP contribution < -0.4 is 5.32 Å². The Morgan fingerprint density at radius 2 is 1.74 bits per heavy atom. The summed E-state index contributed by atoms with van der Waals surface area (Å²) in [5.74, 6) is 0.312. The molecule has 0 aliphatic rings. The van der Waals surface area contributed by atoms with Gasteiger partial charge in [0, 0.05) is 18.7 Å². The van der Waals surface area contributed by atoms with Crippen LogP contribution in [0.5, 0.6) is 0 Å². The average Bonchev–Trinajstić information content (AvgIpc) is 3.10. The highest BCUT2D eigenvalue weighted by Crippen LogP contribution is 2.18. The number of rotatable bonds is 6. The first-order valence-electron chi connectivity index (χ1n) is 8.93. The van der Waals surface area contributed by atoms with Crippen LogP contribution in [-0.4, -0.2) is 16.6 Å². The third-order valence-corrected chi connectivity index (χ3v) is 3.80. The van der Waals surface area contributed by atoms with E-state index in [9.17, 15) is 4.79 Å². The smallest absolute Gasteiger partial charge is 0.338 e. The summed E-state index contributed by atoms with van der Waals surface area (Å²) in [5.41, 5.74) is 2.94. The minimum atomic E-state index is -0.493. The van der Waals surface area contributed by atoms with Crippen LogP contribution in [0.1, 0.15) is 42.4 Å². The summed E-state index contributed by atoms with van der Waals surface area (Å²) >= 11 is 0. The van der Waals surface area contributed by atoms with Crippen molar-refractivity contribution >= 4 is 5.97 Å². The van der Waals surface area contributed by atoms with E-state index in [1.165, 1.54) is 0 Å². The van der Waals surface area contributed by atoms with E-state index in [2.05, 4.69) is 10.3 Å². The van der Waals surface area contributed by atoms with Crippen molar-refractivity contribution in [3.8, 4) is 11.5 Å². The van der Waals surface area contributed by atoms with Gasteiger partial charge in [0.15, 0.2) is 0 Å². The fourth-order valence-electron chi connectivity index (χ4n) is 2.53. The lowest BCUT2D eigenvalue weighted by Gasteiger charge is -2.19. The van der Waals surface area contributed by atoms with Gasteiger partial charge >= 0.3 is 5.97 Å². The van der Waals surface area contributed by atoms with Crippen molar-refractivity contribution in [2.24, 2.45) is 0 Å². The summed E-state index contributed by atoms with van der Waals surface area (Å²) in [5, 5.41) is 3.33. The fraction of sp³-hybridized carbons (Fsp3) is 0.273. The third kappa shape index (κ3) is 5.53. The van der Waals surface area contributed by atoms with Crippen LogP contribution in [0.15, 0.2) is 65.3 Å². The van der Waals surface area contributed by atoms with Gasteiger partial charge < -0.3 is 14.5 Å². The van der Waals surface area contributed by atoms with Crippen molar-refractivity contribution in [1.82, 2.24) is 10.3 Å². The maximum Gasteiger partial charge on any atom is 0.338 e. The molecule has 0 unspecified atom stereocenters. The zero-order valence-corrected chi connectivity index (χ0v) is 15.9. The highest BCUT2D eigenvalue weighted by Gasteiger charge is 2.17. The van der Waals surface area contributed by atoms with E-state index in [1.807, 2.05) is 63.2 Å². The number of hydrogen-bond donors (Lipinski definition) is 1. The van der Waals surface area contributed by atoms with E-state index in [-0.39, 0.29) is 5.97 Å². The number of hydrogen-bond acceptors (Lipinski definition) is 5. The lowest BCUT2D eigenvalue weighted by atomic mass is 10.1. The number of carbonyl (C=O) groups excluding carboxylic acids is 1. The first kappa shape index (κ1) is 18.9. The summed E-state index contributed by atoms with van der Waals surface area (Å²) < 4.78 is 10.9. The molecule has 0 radical (unpaired) electrons. The second-order valence-electron chi connectivity index (χ2n) is 7.31. The molecule has 0 aliphatic carbocycles. The minimum absolute atomic E-state index is 0.307. The molecule has 0 saturated heterocycles. The SMILES string of the molecule is CC(C)(C)OC(=O)c1ccc(CNCc2coc(-c3ccccc3)n2)cc1. The predicted octanol–water partition coefficient (Wildman–Crippen LogP) is 4.59. The Bertz CT molecular complexity index is 878. The second kappa shape index (κ2) is 8.18. The number of esters is 1. The van der Waals surface area contributed by atoms with Crippen LogP contribution in [-0.2, 0) is 17.8 Å². The van der Waals surface area contributed by atoms with E-state index in [1.54, 1.807) is 18.4 Å². The van der Waals surface area contributed by atoms with Crippen molar-refractivity contribution in [2.45, 2.75) is 39.5 Å². The summed E-state index contributed by atoms with van der Waals surface area (Å²) in [4.78, 5) is 16.5. The standard InChI is InChI=1S/C22H24N2O3/c1-22(2,3)27-21(25)18-11-9-16(10-12-18)13-23-14-19-15-26-20(24-19)17-7-5-4-6-8-17/h4-12,15,23H,13-14H2,1-3H3. The number of ether oxygens (including phenoxy) is 1. The van der Waals surface area contributed by atoms with Gasteiger partial charge in [0.05, 0.1) is 11.3 Å². The monoisotopic (exact) mass is 364 g/mol. The van der Waals surface area contributed by atoms with Gasteiger partial charge in [0.25, 0.3) is 0 Å². The normalized spacial score (nSPS) is 11.4. The molecule has 3 aromatic rings. The average molecular weight is 364 g/mol. The van der Waals surface area contributed by atoms with Crippen molar-refractivity contribution in [3.63, 3.8) is 0 Å². The maximum absolute atomic E-state index is 12.0. The van der Waals surface area contributed by atoms with Gasteiger partial charge in [-0.15, -0.1) is 0 Å². The zero-order chi connectivity index (χ0) is 19.3. The zero-order valence-electron chi connectivity index (χ0n) is 15.9. The fourth-order valence-corrected chi connectivity index (χ4v) is 2.53. The van der Waals surface area contributed by atoms with Crippen molar-refractivity contribution in [3.05, 3.63) is 77.7 Å². The Morgan fingerprint density at radius 1 is 1.04 bits per heavy atom. The molecule has 5 nitrogen and oxygen atoms in total. The third-order valence-electron chi connectivity index (χ3n) is 3.80. The second-order valence-corrected chi connectivity index (χ2v) is 7.31. The Hall–Kier alpha value is -2.92. The van der Waals surface area contributed by atoms with Crippen LogP contribution in [0.25, 0.3) is 11.5 Å². The number of aromatic nitrogens is 1. The maximum atomic E-state index is 12.0. The molecule has 140 valence electrons. The first-order chi connectivity index (χ1) is 12.9. The lowest BCUT2D eigenvalue weighted by Crippen LogP contribution is -2.23. The summed E-state index contributed by atoms with van der Waals surface area (Å²) in [6.45, 7) is 6.84. The molecule has 2 aromatic carbocycles. The summed E-state index contributed by atoms with van der Waals surface area (Å²) in [7, 11) is 0. The molecule has 0 saturated carbocycles.